The van der Waals surface area contributed by atoms with Crippen LogP contribution in [0.15, 0.2) is 192 Å². The fraction of sp³-hybridized carbons (Fsp3) is 0. The van der Waals surface area contributed by atoms with Crippen LogP contribution in [-0.4, -0.2) is 15.0 Å². The van der Waals surface area contributed by atoms with E-state index in [1.165, 1.54) is 32.5 Å². The fourth-order valence-electron chi connectivity index (χ4n) is 7.92. The summed E-state index contributed by atoms with van der Waals surface area (Å²) in [5.74, 6) is 1.88. The molecule has 11 rings (SSSR count). The van der Waals surface area contributed by atoms with E-state index in [0.29, 0.717) is 17.5 Å². The molecule has 4 heteroatoms. The van der Waals surface area contributed by atoms with Crippen LogP contribution in [0, 0.1) is 0 Å². The van der Waals surface area contributed by atoms with Gasteiger partial charge < -0.3 is 4.42 Å². The highest BCUT2D eigenvalue weighted by Crippen LogP contribution is 2.39. The highest BCUT2D eigenvalue weighted by atomic mass is 16.3. The molecule has 0 radical (unpaired) electrons. The molecular formula is C51H31N3O. The molecule has 0 aliphatic heterocycles. The molecule has 0 aliphatic rings. The SMILES string of the molecule is c1ccc2cc(-c3nc(-c4ccc(-c5cccc6ccccc56)cc4)nc(-c4ccc(-c5cccc6oc7cc8ccccc8cc7c56)cc4)n3)ccc2c1. The quantitative estimate of drug-likeness (QED) is 0.179. The van der Waals surface area contributed by atoms with Gasteiger partial charge in [-0.3, -0.25) is 0 Å². The van der Waals surface area contributed by atoms with E-state index in [9.17, 15) is 0 Å². The summed E-state index contributed by atoms with van der Waals surface area (Å²) in [7, 11) is 0. The molecule has 0 saturated heterocycles. The molecule has 0 N–H and O–H groups in total. The van der Waals surface area contributed by atoms with Crippen LogP contribution in [0.25, 0.3) is 111 Å². The zero-order chi connectivity index (χ0) is 36.3. The summed E-state index contributed by atoms with van der Waals surface area (Å²) in [6, 6.07) is 65.9. The van der Waals surface area contributed by atoms with Gasteiger partial charge in [0.25, 0.3) is 0 Å². The lowest BCUT2D eigenvalue weighted by molar-refractivity contribution is 0.669. The molecule has 4 nitrogen and oxygen atoms in total. The summed E-state index contributed by atoms with van der Waals surface area (Å²) >= 11 is 0. The minimum absolute atomic E-state index is 0.622. The number of furan rings is 1. The van der Waals surface area contributed by atoms with Crippen molar-refractivity contribution < 1.29 is 4.42 Å². The second kappa shape index (κ2) is 12.6. The zero-order valence-corrected chi connectivity index (χ0v) is 29.6. The molecule has 0 fully saturated rings. The van der Waals surface area contributed by atoms with Gasteiger partial charge in [-0.15, -0.1) is 0 Å². The fourth-order valence-corrected chi connectivity index (χ4v) is 7.92. The number of fused-ring (bicyclic) bond motifs is 6. The maximum Gasteiger partial charge on any atom is 0.164 e. The van der Waals surface area contributed by atoms with E-state index >= 15 is 0 Å². The van der Waals surface area contributed by atoms with Crippen LogP contribution in [0.5, 0.6) is 0 Å². The lowest BCUT2D eigenvalue weighted by Gasteiger charge is -2.11. The summed E-state index contributed by atoms with van der Waals surface area (Å²) in [6.45, 7) is 0. The first-order valence-electron chi connectivity index (χ1n) is 18.5. The van der Waals surface area contributed by atoms with Crippen molar-refractivity contribution in [3.63, 3.8) is 0 Å². The molecule has 0 aliphatic carbocycles. The highest BCUT2D eigenvalue weighted by Gasteiger charge is 2.16. The second-order valence-electron chi connectivity index (χ2n) is 14.0. The van der Waals surface area contributed by atoms with Gasteiger partial charge in [-0.05, 0) is 78.8 Å². The summed E-state index contributed by atoms with van der Waals surface area (Å²) in [6.07, 6.45) is 0. The van der Waals surface area contributed by atoms with Crippen LogP contribution in [0.2, 0.25) is 0 Å². The Hall–Kier alpha value is -7.43. The van der Waals surface area contributed by atoms with Crippen molar-refractivity contribution in [3.8, 4) is 56.4 Å². The van der Waals surface area contributed by atoms with Gasteiger partial charge in [0.15, 0.2) is 17.5 Å². The van der Waals surface area contributed by atoms with Gasteiger partial charge in [-0.25, -0.2) is 15.0 Å². The molecule has 0 bridgehead atoms. The molecule has 2 aromatic heterocycles. The van der Waals surface area contributed by atoms with Gasteiger partial charge in [0, 0.05) is 27.5 Å². The number of aromatic nitrogens is 3. The number of hydrogen-bond donors (Lipinski definition) is 0. The van der Waals surface area contributed by atoms with Crippen LogP contribution in [0.4, 0.5) is 0 Å². The summed E-state index contributed by atoms with van der Waals surface area (Å²) < 4.78 is 6.38. The molecule has 11 aromatic rings. The molecule has 0 unspecified atom stereocenters. The monoisotopic (exact) mass is 701 g/mol. The van der Waals surface area contributed by atoms with E-state index in [0.717, 1.165) is 60.7 Å². The van der Waals surface area contributed by atoms with Crippen molar-refractivity contribution >= 4 is 54.3 Å². The Kier molecular flexibility index (Phi) is 7.14. The standard InChI is InChI=1S/C51H31N3O/c1-2-11-38-29-41(28-19-32(38)9-1)51-53-49(36-24-20-34(21-25-36)43-16-7-14-33-10-5-6-15-42(33)43)52-50(54-51)37-26-22-35(23-27-37)44-17-8-18-46-48(44)45-30-39-12-3-4-13-40(39)31-47(45)55-46/h1-31H. The first kappa shape index (κ1) is 31.1. The van der Waals surface area contributed by atoms with E-state index in [1.54, 1.807) is 0 Å². The summed E-state index contributed by atoms with van der Waals surface area (Å²) in [5.41, 5.74) is 9.12. The highest BCUT2D eigenvalue weighted by molar-refractivity contribution is 6.15. The molecule has 0 spiro atoms. The average Bonchev–Trinajstić information content (AvgIpc) is 3.62. The predicted molar refractivity (Wildman–Crippen MR) is 227 cm³/mol. The molecule has 0 amide bonds. The van der Waals surface area contributed by atoms with Crippen molar-refractivity contribution in [2.24, 2.45) is 0 Å². The van der Waals surface area contributed by atoms with Crippen molar-refractivity contribution in [2.75, 3.05) is 0 Å². The van der Waals surface area contributed by atoms with Gasteiger partial charge >= 0.3 is 0 Å². The maximum atomic E-state index is 6.38. The predicted octanol–water partition coefficient (Wildman–Crippen LogP) is 13.6. The lowest BCUT2D eigenvalue weighted by Crippen LogP contribution is -2.00. The van der Waals surface area contributed by atoms with Crippen molar-refractivity contribution in [3.05, 3.63) is 188 Å². The van der Waals surface area contributed by atoms with Crippen LogP contribution in [0.1, 0.15) is 0 Å². The third-order valence-corrected chi connectivity index (χ3v) is 10.7. The van der Waals surface area contributed by atoms with E-state index < -0.39 is 0 Å². The smallest absolute Gasteiger partial charge is 0.164 e. The Labute approximate surface area is 317 Å². The van der Waals surface area contributed by atoms with Gasteiger partial charge in [0.05, 0.1) is 0 Å². The van der Waals surface area contributed by atoms with E-state index in [1.807, 2.05) is 6.07 Å². The number of benzene rings is 9. The van der Waals surface area contributed by atoms with Gasteiger partial charge in [0.2, 0.25) is 0 Å². The summed E-state index contributed by atoms with van der Waals surface area (Å²) in [4.78, 5) is 15.2. The van der Waals surface area contributed by atoms with E-state index in [4.69, 9.17) is 19.4 Å². The Balaban J connectivity index is 1.02. The first-order valence-corrected chi connectivity index (χ1v) is 18.5. The van der Waals surface area contributed by atoms with Gasteiger partial charge in [0.1, 0.15) is 11.2 Å². The molecule has 0 saturated carbocycles. The zero-order valence-electron chi connectivity index (χ0n) is 29.6. The van der Waals surface area contributed by atoms with E-state index in [-0.39, 0.29) is 0 Å². The molecule has 55 heavy (non-hydrogen) atoms. The second-order valence-corrected chi connectivity index (χ2v) is 14.0. The topological polar surface area (TPSA) is 51.8 Å². The largest absolute Gasteiger partial charge is 0.456 e. The Morgan fingerprint density at radius 1 is 0.291 bits per heavy atom. The Bertz CT molecular complexity index is 3250. The third-order valence-electron chi connectivity index (χ3n) is 10.7. The van der Waals surface area contributed by atoms with E-state index in [2.05, 4.69) is 182 Å². The Morgan fingerprint density at radius 3 is 1.49 bits per heavy atom. The number of rotatable bonds is 5. The molecule has 2 heterocycles. The minimum atomic E-state index is 0.622. The summed E-state index contributed by atoms with van der Waals surface area (Å²) in [5, 5.41) is 9.36. The lowest BCUT2D eigenvalue weighted by atomic mass is 9.97. The normalized spacial score (nSPS) is 11.6. The third kappa shape index (κ3) is 5.43. The van der Waals surface area contributed by atoms with Crippen LogP contribution < -0.4 is 0 Å². The van der Waals surface area contributed by atoms with Crippen LogP contribution in [-0.2, 0) is 0 Å². The van der Waals surface area contributed by atoms with Crippen LogP contribution >= 0.6 is 0 Å². The minimum Gasteiger partial charge on any atom is -0.456 e. The molecular weight excluding hydrogens is 671 g/mol. The molecule has 256 valence electrons. The number of nitrogens with zero attached hydrogens (tertiary/aromatic N) is 3. The van der Waals surface area contributed by atoms with Crippen molar-refractivity contribution in [1.29, 1.82) is 0 Å². The first-order chi connectivity index (χ1) is 27.2. The van der Waals surface area contributed by atoms with Crippen molar-refractivity contribution in [1.82, 2.24) is 15.0 Å². The average molecular weight is 702 g/mol. The number of hydrogen-bond acceptors (Lipinski definition) is 4. The van der Waals surface area contributed by atoms with Crippen molar-refractivity contribution in [2.45, 2.75) is 0 Å². The maximum absolute atomic E-state index is 6.38. The Morgan fingerprint density at radius 2 is 0.782 bits per heavy atom. The van der Waals surface area contributed by atoms with Gasteiger partial charge in [-0.2, -0.15) is 0 Å². The van der Waals surface area contributed by atoms with Crippen LogP contribution in [0.3, 0.4) is 0 Å². The molecule has 9 aromatic carbocycles. The molecule has 0 atom stereocenters. The van der Waals surface area contributed by atoms with Gasteiger partial charge in [-0.1, -0.05) is 164 Å².